The van der Waals surface area contributed by atoms with E-state index in [2.05, 4.69) is 39.5 Å². The van der Waals surface area contributed by atoms with E-state index in [1.165, 1.54) is 0 Å². The molecule has 2 aromatic heterocycles. The zero-order valence-electron chi connectivity index (χ0n) is 11.1. The number of hydrogen-bond acceptors (Lipinski definition) is 7. The summed E-state index contributed by atoms with van der Waals surface area (Å²) < 4.78 is 0. The Balaban J connectivity index is 2.00. The molecule has 0 unspecified atom stereocenters. The van der Waals surface area contributed by atoms with Crippen molar-refractivity contribution in [1.82, 2.24) is 15.0 Å². The van der Waals surface area contributed by atoms with Gasteiger partial charge >= 0.3 is 0 Å². The Morgan fingerprint density at radius 2 is 2.11 bits per heavy atom. The number of rotatable bonds is 6. The summed E-state index contributed by atoms with van der Waals surface area (Å²) >= 11 is 1.61. The molecule has 0 aliphatic carbocycles. The molecule has 2 heterocycles. The summed E-state index contributed by atoms with van der Waals surface area (Å²) in [6.07, 6.45) is 0.871. The minimum absolute atomic E-state index is 0.257. The fourth-order valence-corrected chi connectivity index (χ4v) is 2.16. The van der Waals surface area contributed by atoms with Gasteiger partial charge in [-0.2, -0.15) is 0 Å². The van der Waals surface area contributed by atoms with Crippen LogP contribution in [-0.2, 0) is 6.42 Å². The van der Waals surface area contributed by atoms with Gasteiger partial charge in [-0.1, -0.05) is 13.8 Å². The minimum atomic E-state index is 0.257. The van der Waals surface area contributed by atoms with Crippen LogP contribution in [0.2, 0.25) is 0 Å². The third kappa shape index (κ3) is 3.87. The van der Waals surface area contributed by atoms with Gasteiger partial charge in [0, 0.05) is 30.3 Å². The van der Waals surface area contributed by atoms with Crippen molar-refractivity contribution in [2.45, 2.75) is 26.2 Å². The van der Waals surface area contributed by atoms with Crippen molar-refractivity contribution >= 4 is 23.0 Å². The molecular formula is C12H18N6S. The van der Waals surface area contributed by atoms with Gasteiger partial charge in [0.25, 0.3) is 0 Å². The Bertz CT molecular complexity index is 511. The highest BCUT2D eigenvalue weighted by Crippen LogP contribution is 2.16. The van der Waals surface area contributed by atoms with Gasteiger partial charge in [-0.3, -0.25) is 0 Å². The third-order valence-corrected chi connectivity index (χ3v) is 3.21. The van der Waals surface area contributed by atoms with Crippen molar-refractivity contribution in [2.75, 3.05) is 17.3 Å². The van der Waals surface area contributed by atoms with E-state index in [1.54, 1.807) is 17.4 Å². The van der Waals surface area contributed by atoms with Crippen LogP contribution in [0.15, 0.2) is 17.0 Å². The van der Waals surface area contributed by atoms with Crippen LogP contribution >= 0.6 is 11.3 Å². The van der Waals surface area contributed by atoms with E-state index in [-0.39, 0.29) is 5.92 Å². The van der Waals surface area contributed by atoms with Crippen LogP contribution in [0.3, 0.4) is 0 Å². The second-order valence-electron chi connectivity index (χ2n) is 4.45. The van der Waals surface area contributed by atoms with Crippen LogP contribution in [0.4, 0.5) is 11.6 Å². The molecule has 0 fully saturated rings. The molecule has 0 aromatic carbocycles. The maximum Gasteiger partial charge on any atom is 0.145 e. The van der Waals surface area contributed by atoms with Crippen LogP contribution < -0.4 is 16.6 Å². The molecule has 0 spiro atoms. The van der Waals surface area contributed by atoms with E-state index < -0.39 is 0 Å². The van der Waals surface area contributed by atoms with E-state index in [4.69, 9.17) is 5.84 Å². The van der Waals surface area contributed by atoms with Crippen molar-refractivity contribution in [1.29, 1.82) is 0 Å². The Hall–Kier alpha value is -1.73. The summed E-state index contributed by atoms with van der Waals surface area (Å²) in [7, 11) is 0. The van der Waals surface area contributed by atoms with Gasteiger partial charge < -0.3 is 10.7 Å². The highest BCUT2D eigenvalue weighted by atomic mass is 32.1. The monoisotopic (exact) mass is 278 g/mol. The molecule has 0 amide bonds. The van der Waals surface area contributed by atoms with Crippen LogP contribution in [0, 0.1) is 0 Å². The lowest BCUT2D eigenvalue weighted by Gasteiger charge is -2.11. The Kier molecular flexibility index (Phi) is 4.64. The largest absolute Gasteiger partial charge is 0.370 e. The van der Waals surface area contributed by atoms with Crippen molar-refractivity contribution < 1.29 is 0 Å². The summed E-state index contributed by atoms with van der Waals surface area (Å²) in [6.45, 7) is 4.88. The van der Waals surface area contributed by atoms with E-state index in [0.29, 0.717) is 5.82 Å². The molecule has 0 atom stereocenters. The van der Waals surface area contributed by atoms with Crippen molar-refractivity contribution in [3.05, 3.63) is 28.5 Å². The number of nitrogens with two attached hydrogens (primary N) is 1. The van der Waals surface area contributed by atoms with Gasteiger partial charge in [0.15, 0.2) is 0 Å². The van der Waals surface area contributed by atoms with Crippen molar-refractivity contribution in [2.24, 2.45) is 5.84 Å². The number of thiazole rings is 1. The molecule has 19 heavy (non-hydrogen) atoms. The van der Waals surface area contributed by atoms with Gasteiger partial charge in [-0.05, 0) is 0 Å². The average Bonchev–Trinajstić information content (AvgIpc) is 2.91. The lowest BCUT2D eigenvalue weighted by molar-refractivity contribution is 0.774. The van der Waals surface area contributed by atoms with Crippen LogP contribution in [0.25, 0.3) is 0 Å². The second-order valence-corrected chi connectivity index (χ2v) is 5.17. The van der Waals surface area contributed by atoms with Crippen LogP contribution in [0.1, 0.15) is 31.3 Å². The Morgan fingerprint density at radius 1 is 1.32 bits per heavy atom. The Morgan fingerprint density at radius 3 is 2.74 bits per heavy atom. The van der Waals surface area contributed by atoms with Crippen LogP contribution in [-0.4, -0.2) is 21.5 Å². The van der Waals surface area contributed by atoms with E-state index in [1.807, 2.05) is 10.9 Å². The summed E-state index contributed by atoms with van der Waals surface area (Å²) in [5, 5.41) is 5.32. The third-order valence-electron chi connectivity index (χ3n) is 2.58. The van der Waals surface area contributed by atoms with Gasteiger partial charge in [0.2, 0.25) is 0 Å². The first kappa shape index (κ1) is 13.7. The number of nitrogens with zero attached hydrogens (tertiary/aromatic N) is 3. The highest BCUT2D eigenvalue weighted by molar-refractivity contribution is 7.07. The molecule has 2 aromatic rings. The maximum atomic E-state index is 5.42. The summed E-state index contributed by atoms with van der Waals surface area (Å²) in [5.74, 6) is 7.84. The SMILES string of the molecule is CC(C)c1nc(NN)cc(NCCc2cscn2)n1. The first-order valence-corrected chi connectivity index (χ1v) is 7.10. The normalized spacial score (nSPS) is 10.7. The minimum Gasteiger partial charge on any atom is -0.370 e. The molecule has 0 saturated heterocycles. The number of aromatic nitrogens is 3. The summed E-state index contributed by atoms with van der Waals surface area (Å²) in [6, 6.07) is 1.80. The Labute approximate surface area is 116 Å². The number of anilines is 2. The predicted octanol–water partition coefficient (Wildman–Crippen LogP) is 2.00. The summed E-state index contributed by atoms with van der Waals surface area (Å²) in [4.78, 5) is 13.0. The lowest BCUT2D eigenvalue weighted by Crippen LogP contribution is -2.14. The molecule has 4 N–H and O–H groups in total. The number of nitrogen functional groups attached to an aromatic ring is 1. The van der Waals surface area contributed by atoms with E-state index in [9.17, 15) is 0 Å². The molecule has 7 heteroatoms. The van der Waals surface area contributed by atoms with Crippen molar-refractivity contribution in [3.63, 3.8) is 0 Å². The second kappa shape index (κ2) is 6.44. The molecule has 2 rings (SSSR count). The van der Waals surface area contributed by atoms with Gasteiger partial charge in [-0.15, -0.1) is 11.3 Å². The molecule has 0 saturated carbocycles. The van der Waals surface area contributed by atoms with Gasteiger partial charge in [-0.25, -0.2) is 20.8 Å². The van der Waals surface area contributed by atoms with E-state index >= 15 is 0 Å². The topological polar surface area (TPSA) is 88.8 Å². The highest BCUT2D eigenvalue weighted by Gasteiger charge is 2.07. The molecular weight excluding hydrogens is 260 g/mol. The summed E-state index contributed by atoms with van der Waals surface area (Å²) in [5.41, 5.74) is 5.50. The van der Waals surface area contributed by atoms with Gasteiger partial charge in [0.1, 0.15) is 17.5 Å². The number of nitrogens with one attached hydrogen (secondary N) is 2. The molecule has 0 radical (unpaired) electrons. The maximum absolute atomic E-state index is 5.42. The van der Waals surface area contributed by atoms with Gasteiger partial charge in [0.05, 0.1) is 11.2 Å². The lowest BCUT2D eigenvalue weighted by atomic mass is 10.2. The molecule has 6 nitrogen and oxygen atoms in total. The first-order valence-electron chi connectivity index (χ1n) is 6.15. The molecule has 0 aliphatic rings. The fraction of sp³-hybridized carbons (Fsp3) is 0.417. The zero-order valence-corrected chi connectivity index (χ0v) is 11.9. The number of hydrogen-bond donors (Lipinski definition) is 3. The predicted molar refractivity (Wildman–Crippen MR) is 78.2 cm³/mol. The molecule has 0 aliphatic heterocycles. The fourth-order valence-electron chi connectivity index (χ4n) is 1.57. The van der Waals surface area contributed by atoms with Crippen molar-refractivity contribution in [3.8, 4) is 0 Å². The number of hydrazine groups is 1. The molecule has 102 valence electrons. The first-order chi connectivity index (χ1) is 9.19. The smallest absolute Gasteiger partial charge is 0.145 e. The zero-order chi connectivity index (χ0) is 13.7. The quantitative estimate of drug-likeness (QED) is 0.553. The van der Waals surface area contributed by atoms with Crippen LogP contribution in [0.5, 0.6) is 0 Å². The molecule has 0 bridgehead atoms. The van der Waals surface area contributed by atoms with E-state index in [0.717, 1.165) is 30.3 Å². The average molecular weight is 278 g/mol. The standard InChI is InChI=1S/C12H18N6S/c1-8(2)12-16-10(5-11(17-12)18-13)14-4-3-9-6-19-7-15-9/h5-8H,3-4,13H2,1-2H3,(H2,14,16,17,18).